The van der Waals surface area contributed by atoms with Gasteiger partial charge < -0.3 is 14.6 Å². The summed E-state index contributed by atoms with van der Waals surface area (Å²) in [7, 11) is 0. The SMILES string of the molecule is CCCCCCCCCCCCOc1ccccc1OCCO. The summed E-state index contributed by atoms with van der Waals surface area (Å²) in [5.41, 5.74) is 0. The molecule has 3 nitrogen and oxygen atoms in total. The van der Waals surface area contributed by atoms with E-state index < -0.39 is 0 Å². The van der Waals surface area contributed by atoms with Crippen LogP contribution in [0.1, 0.15) is 71.1 Å². The summed E-state index contributed by atoms with van der Waals surface area (Å²) in [4.78, 5) is 0. The van der Waals surface area contributed by atoms with Crippen LogP contribution in [0.5, 0.6) is 11.5 Å². The number of para-hydroxylation sites is 2. The lowest BCUT2D eigenvalue weighted by Gasteiger charge is -2.11. The predicted molar refractivity (Wildman–Crippen MR) is 96.4 cm³/mol. The van der Waals surface area contributed by atoms with Gasteiger partial charge in [-0.2, -0.15) is 0 Å². The molecule has 0 unspecified atom stereocenters. The van der Waals surface area contributed by atoms with Crippen LogP contribution >= 0.6 is 0 Å². The van der Waals surface area contributed by atoms with E-state index in [9.17, 15) is 0 Å². The van der Waals surface area contributed by atoms with Crippen LogP contribution in [0, 0.1) is 0 Å². The van der Waals surface area contributed by atoms with E-state index in [-0.39, 0.29) is 6.61 Å². The molecule has 0 heterocycles. The lowest BCUT2D eigenvalue weighted by Crippen LogP contribution is -2.04. The molecule has 0 spiro atoms. The minimum Gasteiger partial charge on any atom is -0.490 e. The van der Waals surface area contributed by atoms with Gasteiger partial charge in [0.15, 0.2) is 11.5 Å². The molecular weight excluding hydrogens is 288 g/mol. The number of aliphatic hydroxyl groups excluding tert-OH is 1. The summed E-state index contributed by atoms with van der Waals surface area (Å²) < 4.78 is 11.3. The van der Waals surface area contributed by atoms with Crippen LogP contribution in [0.15, 0.2) is 24.3 Å². The maximum Gasteiger partial charge on any atom is 0.161 e. The predicted octanol–water partition coefficient (Wildman–Crippen LogP) is 5.36. The summed E-state index contributed by atoms with van der Waals surface area (Å²) in [5, 5.41) is 8.83. The molecule has 0 atom stereocenters. The number of aliphatic hydroxyl groups is 1. The second kappa shape index (κ2) is 14.4. The quantitative estimate of drug-likeness (QED) is 0.442. The first-order valence-electron chi connectivity index (χ1n) is 9.34. The number of ether oxygens (including phenoxy) is 2. The Hall–Kier alpha value is -1.22. The van der Waals surface area contributed by atoms with Crippen molar-refractivity contribution in [1.29, 1.82) is 0 Å². The van der Waals surface area contributed by atoms with Crippen LogP contribution in [0.3, 0.4) is 0 Å². The molecule has 0 saturated heterocycles. The van der Waals surface area contributed by atoms with Crippen molar-refractivity contribution in [2.24, 2.45) is 0 Å². The molecule has 3 heteroatoms. The number of hydrogen-bond acceptors (Lipinski definition) is 3. The fraction of sp³-hybridized carbons (Fsp3) is 0.700. The van der Waals surface area contributed by atoms with E-state index in [0.29, 0.717) is 12.4 Å². The first-order valence-corrected chi connectivity index (χ1v) is 9.34. The number of rotatable bonds is 15. The Morgan fingerprint density at radius 3 is 1.70 bits per heavy atom. The van der Waals surface area contributed by atoms with Crippen molar-refractivity contribution >= 4 is 0 Å². The van der Waals surface area contributed by atoms with Gasteiger partial charge in [0.2, 0.25) is 0 Å². The molecule has 0 radical (unpaired) electrons. The smallest absolute Gasteiger partial charge is 0.161 e. The third-order valence-electron chi connectivity index (χ3n) is 3.95. The van der Waals surface area contributed by atoms with Gasteiger partial charge in [0.05, 0.1) is 13.2 Å². The zero-order valence-electron chi connectivity index (χ0n) is 14.8. The lowest BCUT2D eigenvalue weighted by molar-refractivity contribution is 0.193. The molecule has 0 fully saturated rings. The maximum absolute atomic E-state index is 8.83. The molecule has 1 rings (SSSR count). The van der Waals surface area contributed by atoms with E-state index in [0.717, 1.165) is 18.8 Å². The molecule has 132 valence electrons. The molecule has 0 saturated carbocycles. The van der Waals surface area contributed by atoms with Gasteiger partial charge in [0.1, 0.15) is 6.61 Å². The second-order valence-electron chi connectivity index (χ2n) is 6.05. The van der Waals surface area contributed by atoms with Crippen LogP contribution in [-0.2, 0) is 0 Å². The van der Waals surface area contributed by atoms with Crippen molar-refractivity contribution in [2.75, 3.05) is 19.8 Å². The summed E-state index contributed by atoms with van der Waals surface area (Å²) in [5.74, 6) is 1.49. The molecular formula is C20H34O3. The average molecular weight is 322 g/mol. The van der Waals surface area contributed by atoms with E-state index in [1.807, 2.05) is 24.3 Å². The minimum absolute atomic E-state index is 0.0206. The van der Waals surface area contributed by atoms with Gasteiger partial charge in [-0.1, -0.05) is 76.8 Å². The van der Waals surface area contributed by atoms with E-state index in [1.165, 1.54) is 57.8 Å². The standard InChI is InChI=1S/C20H34O3/c1-2-3-4-5-6-7-8-9-10-13-17-22-19-14-11-12-15-20(19)23-18-16-21/h11-12,14-15,21H,2-10,13,16-18H2,1H3. The molecule has 1 aromatic rings. The normalized spacial score (nSPS) is 10.7. The zero-order chi connectivity index (χ0) is 16.6. The highest BCUT2D eigenvalue weighted by molar-refractivity contribution is 5.39. The molecule has 0 amide bonds. The maximum atomic E-state index is 8.83. The van der Waals surface area contributed by atoms with E-state index >= 15 is 0 Å². The molecule has 0 aliphatic rings. The summed E-state index contributed by atoms with van der Waals surface area (Å²) >= 11 is 0. The fourth-order valence-corrected chi connectivity index (χ4v) is 2.62. The highest BCUT2D eigenvalue weighted by atomic mass is 16.5. The van der Waals surface area contributed by atoms with Gasteiger partial charge in [-0.25, -0.2) is 0 Å². The van der Waals surface area contributed by atoms with Crippen LogP contribution in [0.4, 0.5) is 0 Å². The van der Waals surface area contributed by atoms with Gasteiger partial charge in [0.25, 0.3) is 0 Å². The monoisotopic (exact) mass is 322 g/mol. The molecule has 1 N–H and O–H groups in total. The topological polar surface area (TPSA) is 38.7 Å². The Bertz CT molecular complexity index is 379. The third-order valence-corrected chi connectivity index (χ3v) is 3.95. The van der Waals surface area contributed by atoms with E-state index in [2.05, 4.69) is 6.92 Å². The molecule has 23 heavy (non-hydrogen) atoms. The Balaban J connectivity index is 2.00. The number of benzene rings is 1. The van der Waals surface area contributed by atoms with Gasteiger partial charge in [-0.05, 0) is 18.6 Å². The summed E-state index contributed by atoms with van der Waals surface area (Å²) in [6.07, 6.45) is 13.3. The van der Waals surface area contributed by atoms with Gasteiger partial charge >= 0.3 is 0 Å². The Morgan fingerprint density at radius 1 is 0.696 bits per heavy atom. The van der Waals surface area contributed by atoms with Gasteiger partial charge in [-0.3, -0.25) is 0 Å². The zero-order valence-corrected chi connectivity index (χ0v) is 14.8. The average Bonchev–Trinajstić information content (AvgIpc) is 2.58. The third kappa shape index (κ3) is 10.2. The molecule has 1 aromatic carbocycles. The van der Waals surface area contributed by atoms with Crippen molar-refractivity contribution in [3.05, 3.63) is 24.3 Å². The number of hydrogen-bond donors (Lipinski definition) is 1. The van der Waals surface area contributed by atoms with Crippen LogP contribution in [0.2, 0.25) is 0 Å². The van der Waals surface area contributed by atoms with Gasteiger partial charge in [0, 0.05) is 0 Å². The second-order valence-corrected chi connectivity index (χ2v) is 6.05. The van der Waals surface area contributed by atoms with Crippen molar-refractivity contribution < 1.29 is 14.6 Å². The van der Waals surface area contributed by atoms with Crippen LogP contribution < -0.4 is 9.47 Å². The Labute approximate surface area is 142 Å². The van der Waals surface area contributed by atoms with Crippen molar-refractivity contribution in [3.63, 3.8) is 0 Å². The summed E-state index contributed by atoms with van der Waals surface area (Å²) in [6.45, 7) is 3.32. The highest BCUT2D eigenvalue weighted by Gasteiger charge is 2.03. The summed E-state index contributed by atoms with van der Waals surface area (Å²) in [6, 6.07) is 7.66. The van der Waals surface area contributed by atoms with Crippen molar-refractivity contribution in [2.45, 2.75) is 71.1 Å². The Morgan fingerprint density at radius 2 is 1.17 bits per heavy atom. The molecule has 0 aromatic heterocycles. The first-order chi connectivity index (χ1) is 11.4. The lowest BCUT2D eigenvalue weighted by atomic mass is 10.1. The fourth-order valence-electron chi connectivity index (χ4n) is 2.62. The van der Waals surface area contributed by atoms with Gasteiger partial charge in [-0.15, -0.1) is 0 Å². The number of unbranched alkanes of at least 4 members (excludes halogenated alkanes) is 9. The van der Waals surface area contributed by atoms with Crippen molar-refractivity contribution in [1.82, 2.24) is 0 Å². The molecule has 0 aliphatic carbocycles. The van der Waals surface area contributed by atoms with E-state index in [4.69, 9.17) is 14.6 Å². The van der Waals surface area contributed by atoms with E-state index in [1.54, 1.807) is 0 Å². The molecule has 0 bridgehead atoms. The molecule has 0 aliphatic heterocycles. The first kappa shape index (κ1) is 19.8. The largest absolute Gasteiger partial charge is 0.490 e. The van der Waals surface area contributed by atoms with Crippen LogP contribution in [0.25, 0.3) is 0 Å². The van der Waals surface area contributed by atoms with Crippen molar-refractivity contribution in [3.8, 4) is 11.5 Å². The minimum atomic E-state index is 0.0206. The highest BCUT2D eigenvalue weighted by Crippen LogP contribution is 2.26. The Kier molecular flexibility index (Phi) is 12.4. The van der Waals surface area contributed by atoms with Crippen LogP contribution in [-0.4, -0.2) is 24.9 Å².